The lowest BCUT2D eigenvalue weighted by Crippen LogP contribution is -2.19. The fourth-order valence-electron chi connectivity index (χ4n) is 1.45. The molecule has 0 unspecified atom stereocenters. The molecule has 2 rings (SSSR count). The van der Waals surface area contributed by atoms with E-state index in [0.717, 1.165) is 17.7 Å². The van der Waals surface area contributed by atoms with Crippen LogP contribution in [0.15, 0.2) is 18.2 Å². The first-order valence-electron chi connectivity index (χ1n) is 4.08. The van der Waals surface area contributed by atoms with Crippen molar-refractivity contribution >= 4 is 11.7 Å². The summed E-state index contributed by atoms with van der Waals surface area (Å²) in [4.78, 5) is 10.6. The number of nitrogens with one attached hydrogen (secondary N) is 1. The van der Waals surface area contributed by atoms with Gasteiger partial charge in [0.15, 0.2) is 0 Å². The van der Waals surface area contributed by atoms with Gasteiger partial charge in [0.25, 0.3) is 0 Å². The summed E-state index contributed by atoms with van der Waals surface area (Å²) < 4.78 is 5.36. The van der Waals surface area contributed by atoms with Crippen LogP contribution >= 0.6 is 0 Å². The fourth-order valence-corrected chi connectivity index (χ4v) is 1.45. The second-order valence-electron chi connectivity index (χ2n) is 2.88. The quantitative estimate of drug-likeness (QED) is 0.676. The van der Waals surface area contributed by atoms with Crippen molar-refractivity contribution < 1.29 is 9.53 Å². The molecule has 0 fully saturated rings. The molecular formula is C9H10N2O2. The molecule has 1 aromatic carbocycles. The Morgan fingerprint density at radius 1 is 1.54 bits per heavy atom. The highest BCUT2D eigenvalue weighted by atomic mass is 16.5. The number of hydrogen-bond acceptors (Lipinski definition) is 2. The molecule has 1 aromatic rings. The Morgan fingerprint density at radius 3 is 3.15 bits per heavy atom. The van der Waals surface area contributed by atoms with Crippen molar-refractivity contribution in [3.8, 4) is 5.75 Å². The van der Waals surface area contributed by atoms with Crippen LogP contribution in [0.2, 0.25) is 0 Å². The van der Waals surface area contributed by atoms with E-state index in [1.807, 2.05) is 12.1 Å². The van der Waals surface area contributed by atoms with Crippen LogP contribution in [0, 0.1) is 0 Å². The molecule has 1 heterocycles. The SMILES string of the molecule is NC(=O)Nc1cccc2c1OCC2. The minimum absolute atomic E-state index is 0.566. The molecule has 2 amide bonds. The van der Waals surface area contributed by atoms with Gasteiger partial charge in [-0.15, -0.1) is 0 Å². The van der Waals surface area contributed by atoms with Crippen LogP contribution < -0.4 is 15.8 Å². The third kappa shape index (κ3) is 1.42. The van der Waals surface area contributed by atoms with Crippen molar-refractivity contribution in [2.75, 3.05) is 11.9 Å². The lowest BCUT2D eigenvalue weighted by atomic mass is 10.1. The summed E-state index contributed by atoms with van der Waals surface area (Å²) in [6.45, 7) is 0.673. The molecule has 0 saturated heterocycles. The Labute approximate surface area is 75.7 Å². The number of primary amides is 1. The number of urea groups is 1. The summed E-state index contributed by atoms with van der Waals surface area (Å²) in [5, 5.41) is 2.52. The number of anilines is 1. The third-order valence-electron chi connectivity index (χ3n) is 1.97. The van der Waals surface area contributed by atoms with Crippen molar-refractivity contribution in [3.05, 3.63) is 23.8 Å². The summed E-state index contributed by atoms with van der Waals surface area (Å²) in [7, 11) is 0. The molecule has 0 bridgehead atoms. The van der Waals surface area contributed by atoms with Crippen LogP contribution in [0.3, 0.4) is 0 Å². The Kier molecular flexibility index (Phi) is 1.81. The molecule has 13 heavy (non-hydrogen) atoms. The van der Waals surface area contributed by atoms with Gasteiger partial charge >= 0.3 is 6.03 Å². The number of nitrogens with two attached hydrogens (primary N) is 1. The largest absolute Gasteiger partial charge is 0.491 e. The van der Waals surface area contributed by atoms with E-state index in [0.29, 0.717) is 12.3 Å². The zero-order valence-corrected chi connectivity index (χ0v) is 7.04. The standard InChI is InChI=1S/C9H10N2O2/c10-9(12)11-7-3-1-2-6-4-5-13-8(6)7/h1-3H,4-5H2,(H3,10,11,12). The predicted molar refractivity (Wildman–Crippen MR) is 48.8 cm³/mol. The first-order valence-corrected chi connectivity index (χ1v) is 4.08. The first-order chi connectivity index (χ1) is 6.27. The van der Waals surface area contributed by atoms with Crippen LogP contribution in [0.4, 0.5) is 10.5 Å². The van der Waals surface area contributed by atoms with Crippen molar-refractivity contribution in [3.63, 3.8) is 0 Å². The molecule has 0 aliphatic carbocycles. The van der Waals surface area contributed by atoms with Crippen LogP contribution in [-0.2, 0) is 6.42 Å². The molecule has 68 valence electrons. The number of carbonyl (C=O) groups is 1. The van der Waals surface area contributed by atoms with E-state index in [1.54, 1.807) is 6.07 Å². The summed E-state index contributed by atoms with van der Waals surface area (Å²) in [5.74, 6) is 0.751. The summed E-state index contributed by atoms with van der Waals surface area (Å²) >= 11 is 0. The van der Waals surface area contributed by atoms with E-state index in [2.05, 4.69) is 5.32 Å². The number of para-hydroxylation sites is 1. The summed E-state index contributed by atoms with van der Waals surface area (Å²) in [5.41, 5.74) is 6.78. The van der Waals surface area contributed by atoms with E-state index < -0.39 is 6.03 Å². The van der Waals surface area contributed by atoms with Crippen LogP contribution in [0.25, 0.3) is 0 Å². The summed E-state index contributed by atoms with van der Waals surface area (Å²) in [6, 6.07) is 5.06. The normalized spacial score (nSPS) is 13.2. The monoisotopic (exact) mass is 178 g/mol. The van der Waals surface area contributed by atoms with E-state index in [-0.39, 0.29) is 0 Å². The Morgan fingerprint density at radius 2 is 2.38 bits per heavy atom. The van der Waals surface area contributed by atoms with Crippen molar-refractivity contribution in [2.24, 2.45) is 5.73 Å². The van der Waals surface area contributed by atoms with Crippen molar-refractivity contribution in [2.45, 2.75) is 6.42 Å². The van der Waals surface area contributed by atoms with Gasteiger partial charge in [0.1, 0.15) is 5.75 Å². The molecule has 1 aliphatic rings. The van der Waals surface area contributed by atoms with Crippen LogP contribution in [0.1, 0.15) is 5.56 Å². The minimum atomic E-state index is -0.566. The molecule has 3 N–H and O–H groups in total. The second kappa shape index (κ2) is 2.97. The van der Waals surface area contributed by atoms with Crippen LogP contribution in [-0.4, -0.2) is 12.6 Å². The van der Waals surface area contributed by atoms with Gasteiger partial charge < -0.3 is 15.8 Å². The maximum absolute atomic E-state index is 10.6. The molecule has 1 aliphatic heterocycles. The average molecular weight is 178 g/mol. The highest BCUT2D eigenvalue weighted by Crippen LogP contribution is 2.33. The Bertz CT molecular complexity index is 349. The van der Waals surface area contributed by atoms with Gasteiger partial charge in [-0.3, -0.25) is 0 Å². The second-order valence-corrected chi connectivity index (χ2v) is 2.88. The highest BCUT2D eigenvalue weighted by Gasteiger charge is 2.16. The molecule has 0 spiro atoms. The van der Waals surface area contributed by atoms with Crippen molar-refractivity contribution in [1.82, 2.24) is 0 Å². The number of ether oxygens (including phenoxy) is 1. The van der Waals surface area contributed by atoms with E-state index in [9.17, 15) is 4.79 Å². The molecule has 4 nitrogen and oxygen atoms in total. The molecule has 4 heteroatoms. The topological polar surface area (TPSA) is 64.4 Å². The van der Waals surface area contributed by atoms with Gasteiger partial charge in [0.05, 0.1) is 12.3 Å². The van der Waals surface area contributed by atoms with E-state index >= 15 is 0 Å². The molecular weight excluding hydrogens is 168 g/mol. The zero-order valence-electron chi connectivity index (χ0n) is 7.04. The average Bonchev–Trinajstić information content (AvgIpc) is 2.51. The molecule has 0 radical (unpaired) electrons. The predicted octanol–water partition coefficient (Wildman–Crippen LogP) is 1.11. The Hall–Kier alpha value is -1.71. The number of fused-ring (bicyclic) bond motifs is 1. The number of rotatable bonds is 1. The molecule has 0 saturated carbocycles. The maximum Gasteiger partial charge on any atom is 0.316 e. The van der Waals surface area contributed by atoms with Gasteiger partial charge in [-0.2, -0.15) is 0 Å². The van der Waals surface area contributed by atoms with Gasteiger partial charge in [0, 0.05) is 6.42 Å². The van der Waals surface area contributed by atoms with Gasteiger partial charge in [-0.1, -0.05) is 12.1 Å². The molecule has 0 aromatic heterocycles. The smallest absolute Gasteiger partial charge is 0.316 e. The highest BCUT2D eigenvalue weighted by molar-refractivity contribution is 5.90. The lowest BCUT2D eigenvalue weighted by Gasteiger charge is -2.06. The van der Waals surface area contributed by atoms with E-state index in [1.165, 1.54) is 0 Å². The first kappa shape index (κ1) is 7.91. The van der Waals surface area contributed by atoms with Crippen molar-refractivity contribution in [1.29, 1.82) is 0 Å². The van der Waals surface area contributed by atoms with Gasteiger partial charge in [0.2, 0.25) is 0 Å². The zero-order chi connectivity index (χ0) is 9.26. The summed E-state index contributed by atoms with van der Waals surface area (Å²) in [6.07, 6.45) is 0.892. The van der Waals surface area contributed by atoms with Gasteiger partial charge in [-0.05, 0) is 11.6 Å². The fraction of sp³-hybridized carbons (Fsp3) is 0.222. The lowest BCUT2D eigenvalue weighted by molar-refractivity contribution is 0.259. The number of amides is 2. The third-order valence-corrected chi connectivity index (χ3v) is 1.97. The van der Waals surface area contributed by atoms with Crippen LogP contribution in [0.5, 0.6) is 5.75 Å². The number of hydrogen-bond donors (Lipinski definition) is 2. The van der Waals surface area contributed by atoms with Gasteiger partial charge in [-0.25, -0.2) is 4.79 Å². The minimum Gasteiger partial charge on any atom is -0.491 e. The number of benzene rings is 1. The number of carbonyl (C=O) groups excluding carboxylic acids is 1. The Balaban J connectivity index is 2.36. The van der Waals surface area contributed by atoms with E-state index in [4.69, 9.17) is 10.5 Å². The molecule has 0 atom stereocenters. The maximum atomic E-state index is 10.6.